The van der Waals surface area contributed by atoms with Crippen LogP contribution in [0.4, 0.5) is 4.79 Å². The SMILES string of the molecule is CC(Sc1nc2sc3c(c2c(=O)n1-c1ccccc1)CCCCC3)C(=O)NC(N)=O. The molecule has 1 atom stereocenters. The lowest BCUT2D eigenvalue weighted by atomic mass is 10.1. The molecule has 9 heteroatoms. The number of hydrogen-bond donors (Lipinski definition) is 2. The van der Waals surface area contributed by atoms with Crippen LogP contribution in [-0.2, 0) is 17.6 Å². The molecule has 0 bridgehead atoms. The molecule has 3 aromatic rings. The largest absolute Gasteiger partial charge is 0.351 e. The molecule has 3 amide bonds. The molecule has 0 fully saturated rings. The Morgan fingerprint density at radius 3 is 2.67 bits per heavy atom. The Kier molecular flexibility index (Phi) is 5.92. The molecule has 30 heavy (non-hydrogen) atoms. The number of nitrogens with one attached hydrogen (secondary N) is 1. The quantitative estimate of drug-likeness (QED) is 0.366. The highest BCUT2D eigenvalue weighted by molar-refractivity contribution is 8.00. The van der Waals surface area contributed by atoms with E-state index in [1.807, 2.05) is 30.3 Å². The van der Waals surface area contributed by atoms with Crippen molar-refractivity contribution in [2.24, 2.45) is 5.73 Å². The summed E-state index contributed by atoms with van der Waals surface area (Å²) in [7, 11) is 0. The van der Waals surface area contributed by atoms with Crippen molar-refractivity contribution in [2.75, 3.05) is 0 Å². The summed E-state index contributed by atoms with van der Waals surface area (Å²) < 4.78 is 1.57. The highest BCUT2D eigenvalue weighted by atomic mass is 32.2. The van der Waals surface area contributed by atoms with Crippen LogP contribution in [0, 0.1) is 0 Å². The minimum Gasteiger partial charge on any atom is -0.351 e. The smallest absolute Gasteiger partial charge is 0.318 e. The van der Waals surface area contributed by atoms with E-state index in [0.29, 0.717) is 21.1 Å². The monoisotopic (exact) mass is 442 g/mol. The average molecular weight is 443 g/mol. The molecule has 156 valence electrons. The number of hydrogen-bond acceptors (Lipinski definition) is 6. The maximum absolute atomic E-state index is 13.7. The third-order valence-corrected chi connectivity index (χ3v) is 7.36. The van der Waals surface area contributed by atoms with E-state index in [0.717, 1.165) is 43.0 Å². The van der Waals surface area contributed by atoms with Gasteiger partial charge in [0.2, 0.25) is 5.91 Å². The Balaban J connectivity index is 1.87. The molecule has 1 aliphatic rings. The van der Waals surface area contributed by atoms with Crippen LogP contribution in [0.1, 0.15) is 36.6 Å². The van der Waals surface area contributed by atoms with Crippen molar-refractivity contribution in [2.45, 2.75) is 49.4 Å². The van der Waals surface area contributed by atoms with Gasteiger partial charge >= 0.3 is 6.03 Å². The van der Waals surface area contributed by atoms with Gasteiger partial charge in [0.15, 0.2) is 5.16 Å². The van der Waals surface area contributed by atoms with Crippen LogP contribution in [0.2, 0.25) is 0 Å². The number of thiophene rings is 1. The summed E-state index contributed by atoms with van der Waals surface area (Å²) >= 11 is 2.71. The molecule has 3 N–H and O–H groups in total. The fourth-order valence-electron chi connectivity index (χ4n) is 3.68. The first-order chi connectivity index (χ1) is 14.5. The number of carbonyl (C=O) groups excluding carboxylic acids is 2. The minimum absolute atomic E-state index is 0.115. The predicted octanol–water partition coefficient (Wildman–Crippen LogP) is 3.39. The fourth-order valence-corrected chi connectivity index (χ4v) is 5.91. The highest BCUT2D eigenvalue weighted by Gasteiger charge is 2.25. The highest BCUT2D eigenvalue weighted by Crippen LogP contribution is 2.35. The number of aromatic nitrogens is 2. The third kappa shape index (κ3) is 3.99. The van der Waals surface area contributed by atoms with Crippen molar-refractivity contribution in [3.63, 3.8) is 0 Å². The molecule has 0 aliphatic heterocycles. The standard InChI is InChI=1S/C21H22N4O3S2/c1-12(17(26)23-20(22)28)29-21-24-18-16(14-10-6-3-7-11-15(14)30-18)19(27)25(21)13-8-4-2-5-9-13/h2,4-5,8-9,12H,3,6-7,10-11H2,1H3,(H3,22,23,26,28). The number of nitrogens with zero attached hydrogens (tertiary/aromatic N) is 2. The van der Waals surface area contributed by atoms with E-state index >= 15 is 0 Å². The molecule has 1 unspecified atom stereocenters. The lowest BCUT2D eigenvalue weighted by Crippen LogP contribution is -2.39. The van der Waals surface area contributed by atoms with Crippen molar-refractivity contribution in [3.05, 3.63) is 51.1 Å². The van der Waals surface area contributed by atoms with Gasteiger partial charge in [-0.15, -0.1) is 11.3 Å². The van der Waals surface area contributed by atoms with Crippen LogP contribution < -0.4 is 16.6 Å². The zero-order chi connectivity index (χ0) is 21.3. The minimum atomic E-state index is -0.904. The second-order valence-electron chi connectivity index (χ2n) is 7.23. The van der Waals surface area contributed by atoms with E-state index in [-0.39, 0.29) is 5.56 Å². The first-order valence-electron chi connectivity index (χ1n) is 9.85. The van der Waals surface area contributed by atoms with E-state index in [9.17, 15) is 14.4 Å². The number of fused-ring (bicyclic) bond motifs is 3. The van der Waals surface area contributed by atoms with Gasteiger partial charge in [-0.05, 0) is 50.3 Å². The van der Waals surface area contributed by atoms with Gasteiger partial charge in [0.25, 0.3) is 5.56 Å². The normalized spacial score (nSPS) is 14.7. The summed E-state index contributed by atoms with van der Waals surface area (Å²) in [5.41, 5.74) is 6.77. The van der Waals surface area contributed by atoms with Crippen molar-refractivity contribution in [1.82, 2.24) is 14.9 Å². The average Bonchev–Trinajstić information content (AvgIpc) is 2.89. The third-order valence-electron chi connectivity index (χ3n) is 5.12. The summed E-state index contributed by atoms with van der Waals surface area (Å²) in [6.45, 7) is 1.65. The lowest BCUT2D eigenvalue weighted by Gasteiger charge is -2.15. The molecule has 0 radical (unpaired) electrons. The number of benzene rings is 1. The molecule has 0 spiro atoms. The topological polar surface area (TPSA) is 107 Å². The summed E-state index contributed by atoms with van der Waals surface area (Å²) in [6.07, 6.45) is 5.23. The first kappa shape index (κ1) is 20.6. The van der Waals surface area contributed by atoms with Crippen LogP contribution in [0.15, 0.2) is 40.3 Å². The number of rotatable bonds is 4. The van der Waals surface area contributed by atoms with Gasteiger partial charge in [-0.1, -0.05) is 36.4 Å². The number of primary amides is 1. The summed E-state index contributed by atoms with van der Waals surface area (Å²) in [6, 6.07) is 8.39. The molecule has 2 aromatic heterocycles. The maximum Gasteiger partial charge on any atom is 0.318 e. The van der Waals surface area contributed by atoms with Crippen molar-refractivity contribution in [1.29, 1.82) is 0 Å². The molecule has 1 aliphatic carbocycles. The Morgan fingerprint density at radius 2 is 1.93 bits per heavy atom. The van der Waals surface area contributed by atoms with Crippen LogP contribution in [0.5, 0.6) is 0 Å². The number of amides is 3. The first-order valence-corrected chi connectivity index (χ1v) is 11.5. The number of urea groups is 1. The molecule has 1 aromatic carbocycles. The van der Waals surface area contributed by atoms with Gasteiger partial charge in [-0.2, -0.15) is 0 Å². The molecule has 0 saturated carbocycles. The number of nitrogens with two attached hydrogens (primary N) is 1. The van der Waals surface area contributed by atoms with Gasteiger partial charge in [-0.25, -0.2) is 9.78 Å². The number of carbonyl (C=O) groups is 2. The van der Waals surface area contributed by atoms with E-state index in [2.05, 4.69) is 5.32 Å². The molecular formula is C21H22N4O3S2. The van der Waals surface area contributed by atoms with Crippen LogP contribution in [0.3, 0.4) is 0 Å². The lowest BCUT2D eigenvalue weighted by molar-refractivity contribution is -0.119. The van der Waals surface area contributed by atoms with Crippen molar-refractivity contribution < 1.29 is 9.59 Å². The Bertz CT molecular complexity index is 1170. The van der Waals surface area contributed by atoms with Gasteiger partial charge < -0.3 is 5.73 Å². The summed E-state index contributed by atoms with van der Waals surface area (Å²) in [5, 5.41) is 2.54. The number of imide groups is 1. The predicted molar refractivity (Wildman–Crippen MR) is 120 cm³/mol. The fraction of sp³-hybridized carbons (Fsp3) is 0.333. The van der Waals surface area contributed by atoms with Gasteiger partial charge in [-0.3, -0.25) is 19.5 Å². The molecule has 2 heterocycles. The molecule has 7 nitrogen and oxygen atoms in total. The number of thioether (sulfide) groups is 1. The Labute approximate surface area is 181 Å². The van der Waals surface area contributed by atoms with E-state index in [1.54, 1.807) is 22.8 Å². The van der Waals surface area contributed by atoms with E-state index in [1.165, 1.54) is 11.3 Å². The molecule has 4 rings (SSSR count). The second-order valence-corrected chi connectivity index (χ2v) is 9.62. The van der Waals surface area contributed by atoms with Crippen LogP contribution in [0.25, 0.3) is 15.9 Å². The number of aryl methyl sites for hydroxylation is 2. The Morgan fingerprint density at radius 1 is 1.20 bits per heavy atom. The van der Waals surface area contributed by atoms with E-state index < -0.39 is 17.2 Å². The van der Waals surface area contributed by atoms with E-state index in [4.69, 9.17) is 10.7 Å². The van der Waals surface area contributed by atoms with Crippen LogP contribution in [-0.4, -0.2) is 26.7 Å². The van der Waals surface area contributed by atoms with Gasteiger partial charge in [0, 0.05) is 4.88 Å². The molecule has 0 saturated heterocycles. The summed E-state index contributed by atoms with van der Waals surface area (Å²) in [5.74, 6) is -0.525. The van der Waals surface area contributed by atoms with Crippen LogP contribution >= 0.6 is 23.1 Å². The van der Waals surface area contributed by atoms with Crippen molar-refractivity contribution >= 4 is 45.3 Å². The summed E-state index contributed by atoms with van der Waals surface area (Å²) in [4.78, 5) is 43.7. The van der Waals surface area contributed by atoms with Gasteiger partial charge in [0.05, 0.1) is 16.3 Å². The zero-order valence-corrected chi connectivity index (χ0v) is 18.1. The number of para-hydroxylation sites is 1. The Hall–Kier alpha value is -2.65. The van der Waals surface area contributed by atoms with Gasteiger partial charge in [0.1, 0.15) is 4.83 Å². The maximum atomic E-state index is 13.7. The molecular weight excluding hydrogens is 420 g/mol. The second kappa shape index (κ2) is 8.61. The van der Waals surface area contributed by atoms with Crippen molar-refractivity contribution in [3.8, 4) is 5.69 Å². The zero-order valence-electron chi connectivity index (χ0n) is 16.5.